The lowest BCUT2D eigenvalue weighted by Gasteiger charge is -2.39. The molecule has 1 aromatic carbocycles. The Labute approximate surface area is 117 Å². The van der Waals surface area contributed by atoms with Crippen LogP contribution in [0.5, 0.6) is 0 Å². The Kier molecular flexibility index (Phi) is 5.18. The predicted octanol–water partition coefficient (Wildman–Crippen LogP) is 2.59. The third-order valence-electron chi connectivity index (χ3n) is 3.49. The Hall–Kier alpha value is -0.420. The highest BCUT2D eigenvalue weighted by Gasteiger charge is 2.29. The number of halogens is 1. The van der Waals surface area contributed by atoms with Gasteiger partial charge in [0.25, 0.3) is 0 Å². The third-order valence-corrected chi connectivity index (χ3v) is 4.02. The Bertz CT molecular complexity index is 369. The highest BCUT2D eigenvalue weighted by atomic mass is 79.9. The molecule has 2 atom stereocenters. The first kappa shape index (κ1) is 14.0. The van der Waals surface area contributed by atoms with Crippen LogP contribution in [0.25, 0.3) is 0 Å². The number of aliphatic hydroxyl groups excluding tert-OH is 1. The second-order valence-corrected chi connectivity index (χ2v) is 5.61. The molecular weight excluding hydrogens is 294 g/mol. The predicted molar refractivity (Wildman–Crippen MR) is 75.6 cm³/mol. The molecule has 2 rings (SSSR count). The number of benzene rings is 1. The topological polar surface area (TPSA) is 32.7 Å². The van der Waals surface area contributed by atoms with Gasteiger partial charge in [0, 0.05) is 30.2 Å². The highest BCUT2D eigenvalue weighted by molar-refractivity contribution is 9.10. The average molecular weight is 314 g/mol. The molecule has 1 aliphatic heterocycles. The SMILES string of the molecule is CC1C(c2ccc(Br)cc2)OCCN1CCCO. The van der Waals surface area contributed by atoms with Gasteiger partial charge in [-0.15, -0.1) is 0 Å². The lowest BCUT2D eigenvalue weighted by atomic mass is 10.0. The van der Waals surface area contributed by atoms with Crippen molar-refractivity contribution in [3.05, 3.63) is 34.3 Å². The fourth-order valence-electron chi connectivity index (χ4n) is 2.45. The van der Waals surface area contributed by atoms with E-state index in [9.17, 15) is 0 Å². The van der Waals surface area contributed by atoms with Crippen LogP contribution in [0.2, 0.25) is 0 Å². The van der Waals surface area contributed by atoms with Gasteiger partial charge in [-0.2, -0.15) is 0 Å². The summed E-state index contributed by atoms with van der Waals surface area (Å²) in [5, 5.41) is 8.93. The number of morpholine rings is 1. The number of aliphatic hydroxyl groups is 1. The van der Waals surface area contributed by atoms with Crippen LogP contribution in [0, 0.1) is 0 Å². The summed E-state index contributed by atoms with van der Waals surface area (Å²) in [6, 6.07) is 8.68. The number of ether oxygens (including phenoxy) is 1. The summed E-state index contributed by atoms with van der Waals surface area (Å²) in [6.45, 7) is 5.11. The van der Waals surface area contributed by atoms with Gasteiger partial charge in [0.05, 0.1) is 12.7 Å². The molecule has 1 aliphatic rings. The summed E-state index contributed by atoms with van der Waals surface area (Å²) < 4.78 is 7.00. The summed E-state index contributed by atoms with van der Waals surface area (Å²) in [6.07, 6.45) is 0.961. The van der Waals surface area contributed by atoms with Crippen LogP contribution in [-0.2, 0) is 4.74 Å². The summed E-state index contributed by atoms with van der Waals surface area (Å²) in [7, 11) is 0. The molecule has 0 aliphatic carbocycles. The Balaban J connectivity index is 2.05. The van der Waals surface area contributed by atoms with Crippen LogP contribution < -0.4 is 0 Å². The summed E-state index contributed by atoms with van der Waals surface area (Å²) >= 11 is 3.45. The van der Waals surface area contributed by atoms with E-state index in [4.69, 9.17) is 9.84 Å². The van der Waals surface area contributed by atoms with Crippen LogP contribution in [-0.4, -0.2) is 42.4 Å². The van der Waals surface area contributed by atoms with E-state index >= 15 is 0 Å². The van der Waals surface area contributed by atoms with Gasteiger partial charge in [-0.3, -0.25) is 4.90 Å². The molecule has 0 bridgehead atoms. The van der Waals surface area contributed by atoms with E-state index in [0.29, 0.717) is 6.04 Å². The lowest BCUT2D eigenvalue weighted by Crippen LogP contribution is -2.46. The monoisotopic (exact) mass is 313 g/mol. The van der Waals surface area contributed by atoms with Gasteiger partial charge in [-0.1, -0.05) is 28.1 Å². The van der Waals surface area contributed by atoms with E-state index in [0.717, 1.165) is 30.6 Å². The summed E-state index contributed by atoms with van der Waals surface area (Å²) in [5.41, 5.74) is 1.22. The second kappa shape index (κ2) is 6.66. The van der Waals surface area contributed by atoms with Crippen molar-refractivity contribution in [1.29, 1.82) is 0 Å². The van der Waals surface area contributed by atoms with Gasteiger partial charge in [0.15, 0.2) is 0 Å². The molecule has 0 spiro atoms. The fourth-order valence-corrected chi connectivity index (χ4v) is 2.71. The first-order chi connectivity index (χ1) is 8.72. The zero-order valence-corrected chi connectivity index (χ0v) is 12.3. The van der Waals surface area contributed by atoms with Crippen molar-refractivity contribution in [1.82, 2.24) is 4.90 Å². The highest BCUT2D eigenvalue weighted by Crippen LogP contribution is 2.29. The Morgan fingerprint density at radius 3 is 2.78 bits per heavy atom. The molecule has 1 aromatic rings. The number of hydrogen-bond acceptors (Lipinski definition) is 3. The standard InChI is InChI=1S/C14H20BrNO2/c1-11-14(12-3-5-13(15)6-4-12)18-10-8-16(11)7-2-9-17/h3-6,11,14,17H,2,7-10H2,1H3. The maximum absolute atomic E-state index is 8.93. The van der Waals surface area contributed by atoms with Crippen molar-refractivity contribution in [3.63, 3.8) is 0 Å². The van der Waals surface area contributed by atoms with Crippen molar-refractivity contribution >= 4 is 15.9 Å². The average Bonchev–Trinajstić information content (AvgIpc) is 2.39. The smallest absolute Gasteiger partial charge is 0.0977 e. The minimum absolute atomic E-state index is 0.130. The van der Waals surface area contributed by atoms with Crippen LogP contribution in [0.1, 0.15) is 25.0 Å². The van der Waals surface area contributed by atoms with Crippen molar-refractivity contribution in [2.24, 2.45) is 0 Å². The largest absolute Gasteiger partial charge is 0.396 e. The van der Waals surface area contributed by atoms with E-state index in [2.05, 4.69) is 52.0 Å². The minimum atomic E-state index is 0.130. The van der Waals surface area contributed by atoms with Crippen molar-refractivity contribution in [3.8, 4) is 0 Å². The molecule has 0 saturated carbocycles. The molecule has 0 radical (unpaired) electrons. The maximum Gasteiger partial charge on any atom is 0.0977 e. The van der Waals surface area contributed by atoms with Gasteiger partial charge in [-0.05, 0) is 31.0 Å². The molecule has 3 nitrogen and oxygen atoms in total. The quantitative estimate of drug-likeness (QED) is 0.927. The van der Waals surface area contributed by atoms with Crippen LogP contribution >= 0.6 is 15.9 Å². The van der Waals surface area contributed by atoms with Gasteiger partial charge in [0.2, 0.25) is 0 Å². The first-order valence-electron chi connectivity index (χ1n) is 6.44. The molecule has 2 unspecified atom stereocenters. The molecule has 1 saturated heterocycles. The Morgan fingerprint density at radius 1 is 1.39 bits per heavy atom. The van der Waals surface area contributed by atoms with Crippen molar-refractivity contribution in [2.75, 3.05) is 26.3 Å². The molecule has 18 heavy (non-hydrogen) atoms. The van der Waals surface area contributed by atoms with E-state index in [1.54, 1.807) is 0 Å². The molecule has 1 heterocycles. The van der Waals surface area contributed by atoms with Crippen LogP contribution in [0.3, 0.4) is 0 Å². The maximum atomic E-state index is 8.93. The zero-order chi connectivity index (χ0) is 13.0. The third kappa shape index (κ3) is 3.32. The summed E-state index contributed by atoms with van der Waals surface area (Å²) in [5.74, 6) is 0. The molecule has 0 aromatic heterocycles. The first-order valence-corrected chi connectivity index (χ1v) is 7.23. The normalized spacial score (nSPS) is 25.3. The summed E-state index contributed by atoms with van der Waals surface area (Å²) in [4.78, 5) is 2.40. The second-order valence-electron chi connectivity index (χ2n) is 4.70. The van der Waals surface area contributed by atoms with Crippen LogP contribution in [0.15, 0.2) is 28.7 Å². The van der Waals surface area contributed by atoms with Gasteiger partial charge >= 0.3 is 0 Å². The van der Waals surface area contributed by atoms with Gasteiger partial charge in [-0.25, -0.2) is 0 Å². The van der Waals surface area contributed by atoms with Gasteiger partial charge < -0.3 is 9.84 Å². The molecule has 1 fully saturated rings. The number of rotatable bonds is 4. The van der Waals surface area contributed by atoms with Crippen molar-refractivity contribution < 1.29 is 9.84 Å². The van der Waals surface area contributed by atoms with E-state index < -0.39 is 0 Å². The molecular formula is C14H20BrNO2. The Morgan fingerprint density at radius 2 is 2.11 bits per heavy atom. The molecule has 0 amide bonds. The molecule has 1 N–H and O–H groups in total. The van der Waals surface area contributed by atoms with E-state index in [1.807, 2.05) is 0 Å². The lowest BCUT2D eigenvalue weighted by molar-refractivity contribution is -0.0680. The van der Waals surface area contributed by atoms with Gasteiger partial charge in [0.1, 0.15) is 0 Å². The molecule has 100 valence electrons. The number of hydrogen-bond donors (Lipinski definition) is 1. The van der Waals surface area contributed by atoms with E-state index in [1.165, 1.54) is 5.56 Å². The fraction of sp³-hybridized carbons (Fsp3) is 0.571. The van der Waals surface area contributed by atoms with E-state index in [-0.39, 0.29) is 12.7 Å². The zero-order valence-electron chi connectivity index (χ0n) is 10.7. The number of nitrogens with zero attached hydrogens (tertiary/aromatic N) is 1. The van der Waals surface area contributed by atoms with Crippen LogP contribution in [0.4, 0.5) is 0 Å². The minimum Gasteiger partial charge on any atom is -0.396 e. The van der Waals surface area contributed by atoms with Crippen molar-refractivity contribution in [2.45, 2.75) is 25.5 Å². The molecule has 4 heteroatoms.